The van der Waals surface area contributed by atoms with Crippen molar-refractivity contribution in [3.05, 3.63) is 60.8 Å². The average molecular weight is 383 g/mol. The first-order chi connectivity index (χ1) is 14.3. The number of hydrogen-bond acceptors (Lipinski definition) is 5. The van der Waals surface area contributed by atoms with Gasteiger partial charge in [-0.3, -0.25) is 9.25 Å². The van der Waals surface area contributed by atoms with Crippen LogP contribution in [0.2, 0.25) is 0 Å². The lowest BCUT2D eigenvalue weighted by molar-refractivity contribution is 0.316. The van der Waals surface area contributed by atoms with Crippen LogP contribution >= 0.6 is 0 Å². The van der Waals surface area contributed by atoms with Gasteiger partial charge in [0.1, 0.15) is 0 Å². The molecule has 5 rings (SSSR count). The highest BCUT2D eigenvalue weighted by molar-refractivity contribution is 5.82. The van der Waals surface area contributed by atoms with Gasteiger partial charge in [0.2, 0.25) is 5.95 Å². The number of nitrogens with zero attached hydrogens (tertiary/aromatic N) is 7. The van der Waals surface area contributed by atoms with Gasteiger partial charge in [0, 0.05) is 47.8 Å². The molecule has 0 unspecified atom stereocenters. The molecule has 0 spiro atoms. The van der Waals surface area contributed by atoms with E-state index in [1.165, 1.54) is 25.9 Å². The smallest absolute Gasteiger partial charge is 0.234 e. The van der Waals surface area contributed by atoms with Gasteiger partial charge in [-0.05, 0) is 50.2 Å². The molecular weight excluding hydrogens is 362 g/mol. The highest BCUT2D eigenvalue weighted by Gasteiger charge is 2.12. The van der Waals surface area contributed by atoms with Crippen molar-refractivity contribution in [3.8, 4) is 23.1 Å². The summed E-state index contributed by atoms with van der Waals surface area (Å²) in [5.41, 5.74) is 3.60. The van der Waals surface area contributed by atoms with Gasteiger partial charge in [0.05, 0.1) is 29.9 Å². The third-order valence-corrected chi connectivity index (χ3v) is 5.48. The molecule has 3 aromatic heterocycles. The predicted octanol–water partition coefficient (Wildman–Crippen LogP) is 3.25. The van der Waals surface area contributed by atoms with Gasteiger partial charge < -0.3 is 4.90 Å². The van der Waals surface area contributed by atoms with Gasteiger partial charge in [0.15, 0.2) is 0 Å². The van der Waals surface area contributed by atoms with Crippen molar-refractivity contribution < 1.29 is 0 Å². The highest BCUT2D eigenvalue weighted by Crippen LogP contribution is 2.22. The molecule has 1 saturated heterocycles. The summed E-state index contributed by atoms with van der Waals surface area (Å²) < 4.78 is 3.92. The van der Waals surface area contributed by atoms with E-state index in [-0.39, 0.29) is 0 Å². The quantitative estimate of drug-likeness (QED) is 0.529. The van der Waals surface area contributed by atoms with Crippen LogP contribution in [-0.4, -0.2) is 48.8 Å². The summed E-state index contributed by atoms with van der Waals surface area (Å²) in [5.74, 6) is 0.606. The Morgan fingerprint density at radius 1 is 0.966 bits per heavy atom. The molecule has 0 aliphatic carbocycles. The molecule has 0 N–H and O–H groups in total. The molecule has 0 amide bonds. The summed E-state index contributed by atoms with van der Waals surface area (Å²) in [6.45, 7) is 4.36. The number of nitriles is 1. The van der Waals surface area contributed by atoms with E-state index < -0.39 is 0 Å². The molecule has 144 valence electrons. The van der Waals surface area contributed by atoms with Crippen molar-refractivity contribution in [2.45, 2.75) is 19.4 Å². The normalized spacial score (nSPS) is 14.4. The van der Waals surface area contributed by atoms with Crippen molar-refractivity contribution in [1.29, 1.82) is 5.26 Å². The van der Waals surface area contributed by atoms with E-state index >= 15 is 0 Å². The predicted molar refractivity (Wildman–Crippen MR) is 110 cm³/mol. The van der Waals surface area contributed by atoms with Gasteiger partial charge in [-0.25, -0.2) is 9.97 Å². The van der Waals surface area contributed by atoms with E-state index in [1.54, 1.807) is 0 Å². The molecule has 1 aliphatic heterocycles. The molecule has 1 aliphatic rings. The molecule has 1 fully saturated rings. The second-order valence-corrected chi connectivity index (χ2v) is 7.38. The van der Waals surface area contributed by atoms with Crippen molar-refractivity contribution in [2.75, 3.05) is 19.6 Å². The van der Waals surface area contributed by atoms with E-state index in [9.17, 15) is 0 Å². The first kappa shape index (κ1) is 17.6. The van der Waals surface area contributed by atoms with Gasteiger partial charge in [-0.15, -0.1) is 0 Å². The first-order valence-electron chi connectivity index (χ1n) is 9.89. The van der Waals surface area contributed by atoms with Crippen molar-refractivity contribution >= 4 is 10.9 Å². The number of aromatic nitrogens is 5. The Labute approximate surface area is 168 Å². The summed E-state index contributed by atoms with van der Waals surface area (Å²) in [6.07, 6.45) is 12.1. The molecule has 4 heterocycles. The van der Waals surface area contributed by atoms with Crippen LogP contribution in [-0.2, 0) is 6.54 Å². The van der Waals surface area contributed by atoms with Gasteiger partial charge >= 0.3 is 0 Å². The van der Waals surface area contributed by atoms with Crippen LogP contribution in [0.1, 0.15) is 18.4 Å². The van der Waals surface area contributed by atoms with Crippen molar-refractivity contribution in [2.24, 2.45) is 0 Å². The zero-order valence-corrected chi connectivity index (χ0v) is 16.1. The van der Waals surface area contributed by atoms with E-state index in [0.29, 0.717) is 11.5 Å². The first-order valence-corrected chi connectivity index (χ1v) is 9.89. The molecule has 0 atom stereocenters. The number of benzene rings is 1. The molecule has 0 radical (unpaired) electrons. The largest absolute Gasteiger partial charge is 0.301 e. The Morgan fingerprint density at radius 3 is 2.59 bits per heavy atom. The molecule has 0 bridgehead atoms. The van der Waals surface area contributed by atoms with Gasteiger partial charge in [0.25, 0.3) is 0 Å². The number of hydrogen-bond donors (Lipinski definition) is 0. The Hall–Kier alpha value is -3.50. The summed E-state index contributed by atoms with van der Waals surface area (Å²) in [5, 5.41) is 14.5. The standard InChI is InChI=1S/C22H21N7/c23-12-17-3-4-21-18(11-17)5-8-29(21)22-24-13-19(14-25-22)20-15-26-28(16-20)10-9-27-6-1-2-7-27/h3-5,8,11,13-16H,1-2,6-7,9-10H2. The molecule has 4 aromatic rings. The van der Waals surface area contributed by atoms with Crippen LogP contribution < -0.4 is 0 Å². The zero-order chi connectivity index (χ0) is 19.6. The summed E-state index contributed by atoms with van der Waals surface area (Å²) in [7, 11) is 0. The molecule has 0 saturated carbocycles. The fourth-order valence-corrected chi connectivity index (χ4v) is 3.87. The second-order valence-electron chi connectivity index (χ2n) is 7.38. The maximum absolute atomic E-state index is 9.06. The van der Waals surface area contributed by atoms with E-state index in [1.807, 2.05) is 58.3 Å². The Morgan fingerprint density at radius 2 is 1.79 bits per heavy atom. The van der Waals surface area contributed by atoms with E-state index in [4.69, 9.17) is 5.26 Å². The minimum atomic E-state index is 0.606. The van der Waals surface area contributed by atoms with Crippen molar-refractivity contribution in [3.63, 3.8) is 0 Å². The Balaban J connectivity index is 1.33. The minimum absolute atomic E-state index is 0.606. The molecule has 7 nitrogen and oxygen atoms in total. The van der Waals surface area contributed by atoms with Crippen LogP contribution in [0.15, 0.2) is 55.2 Å². The summed E-state index contributed by atoms with van der Waals surface area (Å²) in [4.78, 5) is 11.6. The summed E-state index contributed by atoms with van der Waals surface area (Å²) >= 11 is 0. The van der Waals surface area contributed by atoms with E-state index in [0.717, 1.165) is 35.1 Å². The SMILES string of the molecule is N#Cc1ccc2c(ccn2-c2ncc(-c3cnn(CCN4CCCC4)c3)cn2)c1. The third kappa shape index (κ3) is 3.50. The lowest BCUT2D eigenvalue weighted by Crippen LogP contribution is -2.24. The lowest BCUT2D eigenvalue weighted by atomic mass is 10.2. The fraction of sp³-hybridized carbons (Fsp3) is 0.273. The molecule has 29 heavy (non-hydrogen) atoms. The average Bonchev–Trinajstić information content (AvgIpc) is 3.52. The maximum atomic E-state index is 9.06. The molecule has 1 aromatic carbocycles. The minimum Gasteiger partial charge on any atom is -0.301 e. The van der Waals surface area contributed by atoms with E-state index in [2.05, 4.69) is 32.2 Å². The number of fused-ring (bicyclic) bond motifs is 1. The Bertz CT molecular complexity index is 1170. The van der Waals surface area contributed by atoms with Crippen molar-refractivity contribution in [1.82, 2.24) is 29.2 Å². The maximum Gasteiger partial charge on any atom is 0.234 e. The summed E-state index contributed by atoms with van der Waals surface area (Å²) in [6, 6.07) is 9.75. The fourth-order valence-electron chi connectivity index (χ4n) is 3.87. The van der Waals surface area contributed by atoms with Gasteiger partial charge in [-0.1, -0.05) is 0 Å². The lowest BCUT2D eigenvalue weighted by Gasteiger charge is -2.13. The third-order valence-electron chi connectivity index (χ3n) is 5.48. The monoisotopic (exact) mass is 383 g/mol. The van der Waals surface area contributed by atoms with Crippen LogP contribution in [0, 0.1) is 11.3 Å². The van der Waals surface area contributed by atoms with Crippen LogP contribution in [0.4, 0.5) is 0 Å². The molecule has 7 heteroatoms. The van der Waals surface area contributed by atoms with Crippen LogP contribution in [0.25, 0.3) is 28.0 Å². The highest BCUT2D eigenvalue weighted by atomic mass is 15.3. The topological polar surface area (TPSA) is 75.6 Å². The molecular formula is C22H21N7. The van der Waals surface area contributed by atoms with Crippen LogP contribution in [0.3, 0.4) is 0 Å². The van der Waals surface area contributed by atoms with Gasteiger partial charge in [-0.2, -0.15) is 10.4 Å². The van der Waals surface area contributed by atoms with Crippen LogP contribution in [0.5, 0.6) is 0 Å². The zero-order valence-electron chi connectivity index (χ0n) is 16.1. The number of likely N-dealkylation sites (tertiary alicyclic amines) is 1. The second kappa shape index (κ2) is 7.49. The Kier molecular flexibility index (Phi) is 4.54. The number of rotatable bonds is 5.